The van der Waals surface area contributed by atoms with Crippen molar-refractivity contribution in [2.75, 3.05) is 0 Å². The first-order valence-corrected chi connectivity index (χ1v) is 3.25. The normalized spacial score (nSPS) is 24.2. The minimum absolute atomic E-state index is 0.230. The van der Waals surface area contributed by atoms with E-state index in [4.69, 9.17) is 8.22 Å². The van der Waals surface area contributed by atoms with Gasteiger partial charge in [-0.25, -0.2) is 9.55 Å². The van der Waals surface area contributed by atoms with E-state index in [1.54, 1.807) is 0 Å². The van der Waals surface area contributed by atoms with Crippen LogP contribution in [0.25, 0.3) is 0 Å². The molecule has 0 spiro atoms. The quantitative estimate of drug-likeness (QED) is 0.556. The fourth-order valence-electron chi connectivity index (χ4n) is 0.805. The van der Waals surface area contributed by atoms with E-state index in [1.165, 1.54) is 6.92 Å². The second kappa shape index (κ2) is 3.53. The maximum atomic E-state index is 10.8. The van der Waals surface area contributed by atoms with Crippen molar-refractivity contribution >= 4 is 5.82 Å². The number of aryl methyl sites for hydroxylation is 1. The third kappa shape index (κ3) is 2.03. The van der Waals surface area contributed by atoms with Gasteiger partial charge in [0, 0.05) is 11.0 Å². The number of aliphatic hydroxyl groups is 1. The van der Waals surface area contributed by atoms with Gasteiger partial charge in [0.25, 0.3) is 0 Å². The molecule has 1 rings (SSSR count). The Morgan fingerprint density at radius 1 is 2.15 bits per heavy atom. The summed E-state index contributed by atoms with van der Waals surface area (Å²) in [6.07, 6.45) is -2.85. The molecule has 0 bridgehead atoms. The molecule has 0 amide bonds. The van der Waals surface area contributed by atoms with Gasteiger partial charge < -0.3 is 15.2 Å². The molecule has 0 aliphatic heterocycles. The summed E-state index contributed by atoms with van der Waals surface area (Å²) < 4.78 is 43.8. The van der Waals surface area contributed by atoms with Crippen molar-refractivity contribution in [1.29, 1.82) is 0 Å². The van der Waals surface area contributed by atoms with Crippen LogP contribution < -0.4 is 0 Å². The molecule has 0 fully saturated rings. The first-order chi connectivity index (χ1) is 8.34. The molecule has 0 saturated heterocycles. The SMILES string of the molecule is [2H]C([2H])([2H])C([2H])(O)C([2H])([2H])n1c([N+](=O)[O-])cnc1C. The minimum atomic E-state index is -3.57. The molecule has 0 saturated carbocycles. The fraction of sp³-hybridized carbons (Fsp3) is 0.571. The molecule has 0 radical (unpaired) electrons. The molecule has 6 heteroatoms. The Kier molecular flexibility index (Phi) is 1.14. The van der Waals surface area contributed by atoms with Crippen LogP contribution in [0.15, 0.2) is 6.20 Å². The molecule has 1 aromatic heterocycles. The molecule has 1 unspecified atom stereocenters. The van der Waals surface area contributed by atoms with Crippen molar-refractivity contribution in [3.8, 4) is 0 Å². The molecule has 0 aromatic carbocycles. The molecule has 0 aliphatic rings. The molecule has 72 valence electrons. The first kappa shape index (κ1) is 4.19. The third-order valence-electron chi connectivity index (χ3n) is 1.32. The smallest absolute Gasteiger partial charge is 0.342 e. The Hall–Kier alpha value is -1.43. The van der Waals surface area contributed by atoms with Crippen molar-refractivity contribution in [3.63, 3.8) is 0 Å². The predicted octanol–water partition coefficient (Wildman–Crippen LogP) is 0.481. The molecule has 1 atom stereocenters. The van der Waals surface area contributed by atoms with Crippen molar-refractivity contribution in [3.05, 3.63) is 22.1 Å². The number of rotatable bonds is 3. The van der Waals surface area contributed by atoms with Crippen LogP contribution in [0, 0.1) is 17.0 Å². The third-order valence-corrected chi connectivity index (χ3v) is 1.32. The lowest BCUT2D eigenvalue weighted by molar-refractivity contribution is -0.392. The van der Waals surface area contributed by atoms with E-state index in [0.29, 0.717) is 0 Å². The standard InChI is InChI=1S/C7H11N3O3/c1-5(11)4-9-6(2)8-3-7(9)10(12)13/h3,5,11H,4H2,1-2H3/i1D3,4D2,5D. The minimum Gasteiger partial charge on any atom is -0.389 e. The monoisotopic (exact) mass is 191 g/mol. The van der Waals surface area contributed by atoms with Gasteiger partial charge in [-0.3, -0.25) is 0 Å². The number of nitro groups is 1. The maximum absolute atomic E-state index is 10.8. The number of hydrogen-bond acceptors (Lipinski definition) is 4. The molecular formula is C7H11N3O3. The summed E-state index contributed by atoms with van der Waals surface area (Å²) in [5.41, 5.74) is 0. The van der Waals surface area contributed by atoms with Crippen LogP contribution in [0.4, 0.5) is 5.82 Å². The number of nitrogens with zero attached hydrogens (tertiary/aromatic N) is 3. The Morgan fingerprint density at radius 2 is 2.85 bits per heavy atom. The van der Waals surface area contributed by atoms with Crippen LogP contribution in [0.2, 0.25) is 0 Å². The van der Waals surface area contributed by atoms with Crippen LogP contribution in [-0.2, 0) is 6.50 Å². The summed E-state index contributed by atoms with van der Waals surface area (Å²) in [5.74, 6) is -1.08. The second-order valence-corrected chi connectivity index (χ2v) is 2.22. The van der Waals surface area contributed by atoms with E-state index in [9.17, 15) is 15.2 Å². The van der Waals surface area contributed by atoms with Gasteiger partial charge in [-0.05, 0) is 11.8 Å². The maximum Gasteiger partial charge on any atom is 0.342 e. The molecule has 1 heterocycles. The van der Waals surface area contributed by atoms with Gasteiger partial charge in [-0.1, -0.05) is 0 Å². The van der Waals surface area contributed by atoms with E-state index in [1.807, 2.05) is 0 Å². The van der Waals surface area contributed by atoms with Crippen molar-refractivity contribution in [1.82, 2.24) is 9.55 Å². The number of aromatic nitrogens is 2. The van der Waals surface area contributed by atoms with Gasteiger partial charge in [0.15, 0.2) is 5.82 Å². The summed E-state index contributed by atoms with van der Waals surface area (Å²) in [7, 11) is 0. The topological polar surface area (TPSA) is 81.2 Å². The average Bonchev–Trinajstić information content (AvgIpc) is 2.58. The molecule has 1 aromatic rings. The Morgan fingerprint density at radius 3 is 3.38 bits per heavy atom. The Bertz CT molecular complexity index is 509. The zero-order valence-electron chi connectivity index (χ0n) is 12.7. The zero-order chi connectivity index (χ0) is 15.2. The Labute approximate surface area is 83.4 Å². The van der Waals surface area contributed by atoms with Crippen molar-refractivity contribution in [2.45, 2.75) is 26.4 Å². The van der Waals surface area contributed by atoms with Gasteiger partial charge in [0.05, 0.1) is 10.2 Å². The molecule has 1 N–H and O–H groups in total. The van der Waals surface area contributed by atoms with Crippen LogP contribution in [-0.4, -0.2) is 25.7 Å². The molecule has 0 aliphatic carbocycles. The predicted molar refractivity (Wildman–Crippen MR) is 45.3 cm³/mol. The van der Waals surface area contributed by atoms with Gasteiger partial charge in [-0.2, -0.15) is 0 Å². The highest BCUT2D eigenvalue weighted by Crippen LogP contribution is 2.13. The highest BCUT2D eigenvalue weighted by atomic mass is 16.6. The van der Waals surface area contributed by atoms with Gasteiger partial charge in [0.2, 0.25) is 0 Å². The molecule has 6 nitrogen and oxygen atoms in total. The van der Waals surface area contributed by atoms with Crippen LogP contribution in [0.3, 0.4) is 0 Å². The Balaban J connectivity index is 3.52. The summed E-state index contributed by atoms with van der Waals surface area (Å²) in [6.45, 7) is -5.47. The highest BCUT2D eigenvalue weighted by Gasteiger charge is 2.18. The largest absolute Gasteiger partial charge is 0.389 e. The second-order valence-electron chi connectivity index (χ2n) is 2.22. The summed E-state index contributed by atoms with van der Waals surface area (Å²) in [6, 6.07) is 0. The number of hydrogen-bond donors (Lipinski definition) is 1. The average molecular weight is 191 g/mol. The van der Waals surface area contributed by atoms with Crippen molar-refractivity contribution < 1.29 is 18.3 Å². The lowest BCUT2D eigenvalue weighted by atomic mass is 10.4. The van der Waals surface area contributed by atoms with E-state index in [0.717, 1.165) is 6.20 Å². The first-order valence-electron chi connectivity index (χ1n) is 6.25. The summed E-state index contributed by atoms with van der Waals surface area (Å²) >= 11 is 0. The van der Waals surface area contributed by atoms with Crippen LogP contribution in [0.1, 0.15) is 20.9 Å². The zero-order valence-corrected chi connectivity index (χ0v) is 6.68. The van der Waals surface area contributed by atoms with Gasteiger partial charge in [-0.15, -0.1) is 0 Å². The summed E-state index contributed by atoms with van der Waals surface area (Å²) in [5, 5.41) is 20.4. The van der Waals surface area contributed by atoms with E-state index in [-0.39, 0.29) is 10.4 Å². The van der Waals surface area contributed by atoms with Gasteiger partial charge in [0.1, 0.15) is 12.7 Å². The number of imidazole rings is 1. The lowest BCUT2D eigenvalue weighted by Crippen LogP contribution is -2.14. The van der Waals surface area contributed by atoms with E-state index in [2.05, 4.69) is 4.98 Å². The fourth-order valence-corrected chi connectivity index (χ4v) is 0.805. The lowest BCUT2D eigenvalue weighted by Gasteiger charge is -2.04. The highest BCUT2D eigenvalue weighted by molar-refractivity contribution is 5.18. The van der Waals surface area contributed by atoms with Crippen LogP contribution in [0.5, 0.6) is 0 Å². The van der Waals surface area contributed by atoms with Crippen molar-refractivity contribution in [2.24, 2.45) is 0 Å². The summed E-state index contributed by atoms with van der Waals surface area (Å²) in [4.78, 5) is 13.3. The molecule has 13 heavy (non-hydrogen) atoms. The van der Waals surface area contributed by atoms with Gasteiger partial charge >= 0.3 is 5.82 Å². The van der Waals surface area contributed by atoms with Crippen LogP contribution >= 0.6 is 0 Å². The van der Waals surface area contributed by atoms with E-state index >= 15 is 0 Å². The van der Waals surface area contributed by atoms with E-state index < -0.39 is 30.2 Å². The molecular weight excluding hydrogens is 174 g/mol.